The van der Waals surface area contributed by atoms with Crippen LogP contribution in [0.25, 0.3) is 0 Å². The van der Waals surface area contributed by atoms with Gasteiger partial charge in [-0.3, -0.25) is 0 Å². The largest absolute Gasteiger partial charge is 0.490 e. The van der Waals surface area contributed by atoms with Gasteiger partial charge in [0.2, 0.25) is 10.0 Å². The summed E-state index contributed by atoms with van der Waals surface area (Å²) in [7, 11) is -0.403. The topological polar surface area (TPSA) is 92.3 Å². The van der Waals surface area contributed by atoms with Crippen LogP contribution in [0.15, 0.2) is 52.4 Å². The minimum atomic E-state index is -3.43. The lowest BCUT2D eigenvalue weighted by Crippen LogP contribution is -2.30. The summed E-state index contributed by atoms with van der Waals surface area (Å²) in [6.45, 7) is 4.38. The molecule has 8 nitrogen and oxygen atoms in total. The summed E-state index contributed by atoms with van der Waals surface area (Å²) in [5.74, 6) is 2.08. The Morgan fingerprint density at radius 3 is 2.43 bits per heavy atom. The summed E-state index contributed by atoms with van der Waals surface area (Å²) in [6, 6.07) is 12.5. The number of nitrogens with one attached hydrogen (secondary N) is 2. The van der Waals surface area contributed by atoms with Gasteiger partial charge in [-0.1, -0.05) is 12.1 Å². The number of ether oxygens (including phenoxy) is 2. The Morgan fingerprint density at radius 2 is 1.77 bits per heavy atom. The number of hydrogen-bond acceptors (Lipinski definition) is 5. The molecule has 0 fully saturated rings. The van der Waals surface area contributed by atoms with Crippen LogP contribution < -0.4 is 20.1 Å². The zero-order valence-electron chi connectivity index (χ0n) is 17.5. The van der Waals surface area contributed by atoms with Gasteiger partial charge in [0, 0.05) is 38.8 Å². The smallest absolute Gasteiger partial charge is 0.242 e. The molecule has 1 aliphatic heterocycles. The van der Waals surface area contributed by atoms with Crippen molar-refractivity contribution in [1.29, 1.82) is 0 Å². The number of fused-ring (bicyclic) bond motifs is 1. The van der Waals surface area contributed by atoms with Gasteiger partial charge in [0.15, 0.2) is 17.5 Å². The normalized spacial score (nSPS) is 14.3. The van der Waals surface area contributed by atoms with E-state index in [9.17, 15) is 8.42 Å². The molecular weight excluding hydrogens is 404 g/mol. The van der Waals surface area contributed by atoms with Crippen LogP contribution in [-0.4, -0.2) is 52.5 Å². The molecule has 162 valence electrons. The van der Waals surface area contributed by atoms with E-state index in [1.165, 1.54) is 18.4 Å². The maximum atomic E-state index is 12.2. The highest BCUT2D eigenvalue weighted by Gasteiger charge is 2.16. The lowest BCUT2D eigenvalue weighted by Gasteiger charge is -2.14. The van der Waals surface area contributed by atoms with Crippen molar-refractivity contribution in [2.75, 3.05) is 39.2 Å². The fourth-order valence-electron chi connectivity index (χ4n) is 2.83. The van der Waals surface area contributed by atoms with E-state index in [2.05, 4.69) is 15.6 Å². The number of sulfonamides is 1. The molecule has 0 bridgehead atoms. The monoisotopic (exact) mass is 432 g/mol. The Morgan fingerprint density at radius 1 is 1.07 bits per heavy atom. The third-order valence-corrected chi connectivity index (χ3v) is 6.31. The molecule has 2 aromatic carbocycles. The van der Waals surface area contributed by atoms with Crippen LogP contribution in [0.3, 0.4) is 0 Å². The predicted molar refractivity (Wildman–Crippen MR) is 118 cm³/mol. The van der Waals surface area contributed by atoms with Gasteiger partial charge < -0.3 is 20.1 Å². The summed E-state index contributed by atoms with van der Waals surface area (Å²) < 4.78 is 37.0. The summed E-state index contributed by atoms with van der Waals surface area (Å²) >= 11 is 0. The molecule has 0 atom stereocenters. The highest BCUT2D eigenvalue weighted by Crippen LogP contribution is 2.32. The Hall–Kier alpha value is -2.78. The highest BCUT2D eigenvalue weighted by atomic mass is 32.2. The van der Waals surface area contributed by atoms with Gasteiger partial charge in [-0.2, -0.15) is 0 Å². The van der Waals surface area contributed by atoms with Gasteiger partial charge in [-0.05, 0) is 36.8 Å². The average molecular weight is 433 g/mol. The second-order valence-corrected chi connectivity index (χ2v) is 9.12. The van der Waals surface area contributed by atoms with Crippen molar-refractivity contribution in [3.8, 4) is 11.5 Å². The number of rotatable bonds is 6. The van der Waals surface area contributed by atoms with Crippen molar-refractivity contribution >= 4 is 21.7 Å². The Balaban J connectivity index is 1.71. The molecule has 0 aliphatic carbocycles. The molecule has 1 aliphatic rings. The molecule has 9 heteroatoms. The highest BCUT2D eigenvalue weighted by molar-refractivity contribution is 7.89. The maximum Gasteiger partial charge on any atom is 0.242 e. The van der Waals surface area contributed by atoms with E-state index in [0.717, 1.165) is 23.4 Å². The molecule has 3 rings (SSSR count). The van der Waals surface area contributed by atoms with Crippen LogP contribution in [0.1, 0.15) is 18.9 Å². The first-order valence-electron chi connectivity index (χ1n) is 9.86. The van der Waals surface area contributed by atoms with E-state index >= 15 is 0 Å². The fourth-order valence-corrected chi connectivity index (χ4v) is 3.73. The number of anilines is 1. The minimum absolute atomic E-state index is 0.262. The van der Waals surface area contributed by atoms with Crippen LogP contribution in [0.5, 0.6) is 11.5 Å². The Bertz CT molecular complexity index is 989. The van der Waals surface area contributed by atoms with Crippen LogP contribution in [0.4, 0.5) is 5.69 Å². The quantitative estimate of drug-likeness (QED) is 0.539. The van der Waals surface area contributed by atoms with Gasteiger partial charge in [-0.15, -0.1) is 0 Å². The second-order valence-electron chi connectivity index (χ2n) is 6.96. The molecule has 0 radical (unpaired) electrons. The van der Waals surface area contributed by atoms with E-state index in [0.29, 0.717) is 38.0 Å². The Kier molecular flexibility index (Phi) is 7.17. The fraction of sp³-hybridized carbons (Fsp3) is 0.381. The first-order chi connectivity index (χ1) is 14.4. The van der Waals surface area contributed by atoms with E-state index in [1.807, 2.05) is 25.1 Å². The number of nitrogens with zero attached hydrogens (tertiary/aromatic N) is 2. The molecule has 1 heterocycles. The first kappa shape index (κ1) is 21.9. The maximum absolute atomic E-state index is 12.2. The third-order valence-electron chi connectivity index (χ3n) is 4.48. The summed E-state index contributed by atoms with van der Waals surface area (Å²) in [5, 5.41) is 6.48. The van der Waals surface area contributed by atoms with Gasteiger partial charge in [0.05, 0.1) is 24.7 Å². The zero-order valence-corrected chi connectivity index (χ0v) is 18.3. The van der Waals surface area contributed by atoms with Gasteiger partial charge in [0.1, 0.15) is 0 Å². The van der Waals surface area contributed by atoms with Crippen LogP contribution in [-0.2, 0) is 16.6 Å². The third kappa shape index (κ3) is 5.43. The first-order valence-corrected chi connectivity index (χ1v) is 11.3. The standard InChI is InChI=1S/C21H28N4O4S/c1-4-22-21(24-17-8-11-19-20(14-17)29-13-5-12-28-19)23-15-16-6-9-18(10-7-16)30(26,27)25(2)3/h6-11,14H,4-5,12-13,15H2,1-3H3,(H2,22,23,24). The molecule has 0 saturated heterocycles. The lowest BCUT2D eigenvalue weighted by molar-refractivity contribution is 0.297. The van der Waals surface area contributed by atoms with Crippen molar-refractivity contribution in [1.82, 2.24) is 9.62 Å². The van der Waals surface area contributed by atoms with Crippen molar-refractivity contribution in [3.63, 3.8) is 0 Å². The molecule has 0 unspecified atom stereocenters. The van der Waals surface area contributed by atoms with E-state index in [1.54, 1.807) is 24.3 Å². The average Bonchev–Trinajstić information content (AvgIpc) is 2.97. The van der Waals surface area contributed by atoms with Crippen LogP contribution in [0, 0.1) is 0 Å². The van der Waals surface area contributed by atoms with E-state index in [4.69, 9.17) is 9.47 Å². The van der Waals surface area contributed by atoms with Gasteiger partial charge in [0.25, 0.3) is 0 Å². The molecule has 0 spiro atoms. The summed E-state index contributed by atoms with van der Waals surface area (Å²) in [4.78, 5) is 4.86. The van der Waals surface area contributed by atoms with Crippen molar-refractivity contribution in [2.24, 2.45) is 4.99 Å². The Labute approximate surface area is 178 Å². The molecule has 0 saturated carbocycles. The minimum Gasteiger partial charge on any atom is -0.490 e. The lowest BCUT2D eigenvalue weighted by atomic mass is 10.2. The predicted octanol–water partition coefficient (Wildman–Crippen LogP) is 2.68. The van der Waals surface area contributed by atoms with Gasteiger partial charge in [-0.25, -0.2) is 17.7 Å². The summed E-state index contributed by atoms with van der Waals surface area (Å²) in [5.41, 5.74) is 1.75. The van der Waals surface area contributed by atoms with Crippen LogP contribution >= 0.6 is 0 Å². The SMILES string of the molecule is CCNC(=NCc1ccc(S(=O)(=O)N(C)C)cc1)Nc1ccc2c(c1)OCCCO2. The molecule has 2 N–H and O–H groups in total. The molecule has 0 aromatic heterocycles. The number of benzene rings is 2. The van der Waals surface area contributed by atoms with Crippen LogP contribution in [0.2, 0.25) is 0 Å². The van der Waals surface area contributed by atoms with Crippen molar-refractivity contribution in [2.45, 2.75) is 24.8 Å². The molecule has 0 amide bonds. The summed E-state index contributed by atoms with van der Waals surface area (Å²) in [6.07, 6.45) is 0.857. The van der Waals surface area contributed by atoms with Crippen molar-refractivity contribution < 1.29 is 17.9 Å². The molecule has 2 aromatic rings. The number of aliphatic imine (C=N–C) groups is 1. The van der Waals surface area contributed by atoms with E-state index in [-0.39, 0.29) is 4.90 Å². The van der Waals surface area contributed by atoms with E-state index < -0.39 is 10.0 Å². The zero-order chi connectivity index (χ0) is 21.6. The van der Waals surface area contributed by atoms with Gasteiger partial charge >= 0.3 is 0 Å². The number of guanidine groups is 1. The molecule has 30 heavy (non-hydrogen) atoms. The second kappa shape index (κ2) is 9.82. The van der Waals surface area contributed by atoms with Crippen molar-refractivity contribution in [3.05, 3.63) is 48.0 Å². The number of hydrogen-bond donors (Lipinski definition) is 2. The molecular formula is C21H28N4O4S.